The van der Waals surface area contributed by atoms with Crippen LogP contribution < -0.4 is 10.5 Å². The number of fused-ring (bicyclic) bond motifs is 1. The van der Waals surface area contributed by atoms with Crippen LogP contribution in [-0.2, 0) is 7.05 Å². The third-order valence-corrected chi connectivity index (χ3v) is 6.63. The third-order valence-electron chi connectivity index (χ3n) is 6.39. The summed E-state index contributed by atoms with van der Waals surface area (Å²) in [6, 6.07) is 6.60. The predicted molar refractivity (Wildman–Crippen MR) is 130 cm³/mol. The molecule has 4 aromatic rings. The number of rotatable bonds is 3. The number of benzene rings is 1. The fourth-order valence-corrected chi connectivity index (χ4v) is 4.76. The number of piperidine rings is 1. The molecule has 0 amide bonds. The topological polar surface area (TPSA) is 81.7 Å². The lowest BCUT2D eigenvalue weighted by Crippen LogP contribution is -2.38. The molecule has 5 rings (SSSR count). The molecule has 0 saturated carbocycles. The maximum atomic E-state index is 15.0. The molecule has 1 unspecified atom stereocenters. The Morgan fingerprint density at radius 2 is 1.88 bits per heavy atom. The summed E-state index contributed by atoms with van der Waals surface area (Å²) in [5.74, 6) is 0.343. The van der Waals surface area contributed by atoms with Crippen molar-refractivity contribution in [2.24, 2.45) is 7.05 Å². The van der Waals surface area contributed by atoms with Crippen LogP contribution in [0.2, 0.25) is 5.02 Å². The van der Waals surface area contributed by atoms with E-state index in [2.05, 4.69) is 21.1 Å². The van der Waals surface area contributed by atoms with Gasteiger partial charge in [-0.1, -0.05) is 11.6 Å². The molecule has 0 bridgehead atoms. The molecule has 4 heterocycles. The first-order valence-electron chi connectivity index (χ1n) is 11.2. The second-order valence-corrected chi connectivity index (χ2v) is 9.27. The number of aromatic nitrogens is 6. The largest absolute Gasteiger partial charge is 0.339 e. The van der Waals surface area contributed by atoms with Gasteiger partial charge in [-0.3, -0.25) is 14.0 Å². The average Bonchev–Trinajstić information content (AvgIpc) is 3.15. The van der Waals surface area contributed by atoms with Crippen LogP contribution in [0.3, 0.4) is 0 Å². The zero-order valence-electron chi connectivity index (χ0n) is 19.5. The molecule has 3 aromatic heterocycles. The van der Waals surface area contributed by atoms with Crippen LogP contribution in [0.15, 0.2) is 29.1 Å². The fraction of sp³-hybridized carbons (Fsp3) is 0.375. The summed E-state index contributed by atoms with van der Waals surface area (Å²) in [7, 11) is 1.65. The van der Waals surface area contributed by atoms with E-state index >= 15 is 0 Å². The zero-order chi connectivity index (χ0) is 24.1. The highest BCUT2D eigenvalue weighted by atomic mass is 35.5. The zero-order valence-corrected chi connectivity index (χ0v) is 20.3. The Hall–Kier alpha value is -3.33. The van der Waals surface area contributed by atoms with E-state index in [1.54, 1.807) is 26.1 Å². The molecular weight excluding hydrogens is 457 g/mol. The molecule has 0 radical (unpaired) electrons. The summed E-state index contributed by atoms with van der Waals surface area (Å²) in [6.45, 7) is 7.11. The minimum absolute atomic E-state index is 0.149. The van der Waals surface area contributed by atoms with E-state index in [1.165, 1.54) is 10.6 Å². The summed E-state index contributed by atoms with van der Waals surface area (Å²) >= 11 is 5.98. The van der Waals surface area contributed by atoms with Gasteiger partial charge in [0.15, 0.2) is 5.52 Å². The predicted octanol–water partition coefficient (Wildman–Crippen LogP) is 4.15. The maximum Gasteiger partial charge on any atom is 0.279 e. The van der Waals surface area contributed by atoms with Gasteiger partial charge >= 0.3 is 0 Å². The lowest BCUT2D eigenvalue weighted by atomic mass is 10.1. The second-order valence-electron chi connectivity index (χ2n) is 8.83. The Balaban J connectivity index is 1.67. The molecule has 176 valence electrons. The number of halogens is 2. The number of aryl methyl sites for hydroxylation is 3. The minimum Gasteiger partial charge on any atom is -0.339 e. The molecule has 8 nitrogen and oxygen atoms in total. The molecule has 1 atom stereocenters. The highest BCUT2D eigenvalue weighted by Gasteiger charge is 2.27. The van der Waals surface area contributed by atoms with Gasteiger partial charge in [0.25, 0.3) is 5.56 Å². The van der Waals surface area contributed by atoms with Gasteiger partial charge in [0.2, 0.25) is 5.95 Å². The molecule has 0 N–H and O–H groups in total. The first-order chi connectivity index (χ1) is 16.2. The van der Waals surface area contributed by atoms with Gasteiger partial charge in [-0.05, 0) is 57.9 Å². The molecular formula is C24H25ClFN7O. The number of hydrogen-bond acceptors (Lipinski definition) is 6. The van der Waals surface area contributed by atoms with Gasteiger partial charge in [-0.2, -0.15) is 5.10 Å². The van der Waals surface area contributed by atoms with Crippen molar-refractivity contribution in [3.05, 3.63) is 62.7 Å². The SMILES string of the molecule is Cc1cc(C)n(C2CCCN(c3nc(-c4ccc(Cl)cc4F)c4nc(C)n(C)c(=O)c4n3)C2)n1. The van der Waals surface area contributed by atoms with E-state index < -0.39 is 5.82 Å². The first kappa shape index (κ1) is 22.5. The lowest BCUT2D eigenvalue weighted by molar-refractivity contribution is 0.367. The van der Waals surface area contributed by atoms with Crippen molar-refractivity contribution in [2.45, 2.75) is 39.7 Å². The van der Waals surface area contributed by atoms with E-state index in [0.717, 1.165) is 30.8 Å². The number of nitrogens with zero attached hydrogens (tertiary/aromatic N) is 7. The highest BCUT2D eigenvalue weighted by molar-refractivity contribution is 6.30. The number of anilines is 1. The Morgan fingerprint density at radius 3 is 2.59 bits per heavy atom. The van der Waals surface area contributed by atoms with E-state index in [1.807, 2.05) is 23.4 Å². The summed E-state index contributed by atoms with van der Waals surface area (Å²) in [5.41, 5.74) is 2.72. The normalized spacial score (nSPS) is 16.4. The van der Waals surface area contributed by atoms with Gasteiger partial charge in [-0.15, -0.1) is 0 Å². The quantitative estimate of drug-likeness (QED) is 0.437. The number of hydrogen-bond donors (Lipinski definition) is 0. The maximum absolute atomic E-state index is 15.0. The van der Waals surface area contributed by atoms with E-state index in [9.17, 15) is 9.18 Å². The molecule has 1 fully saturated rings. The molecule has 0 aliphatic carbocycles. The fourth-order valence-electron chi connectivity index (χ4n) is 4.60. The van der Waals surface area contributed by atoms with Gasteiger partial charge in [0, 0.05) is 36.4 Å². The van der Waals surface area contributed by atoms with Crippen molar-refractivity contribution in [3.63, 3.8) is 0 Å². The molecule has 1 aliphatic heterocycles. The minimum atomic E-state index is -0.530. The second kappa shape index (κ2) is 8.47. The van der Waals surface area contributed by atoms with Crippen molar-refractivity contribution in [1.29, 1.82) is 0 Å². The van der Waals surface area contributed by atoms with Gasteiger partial charge in [0.05, 0.1) is 11.7 Å². The van der Waals surface area contributed by atoms with Crippen molar-refractivity contribution in [1.82, 2.24) is 29.3 Å². The highest BCUT2D eigenvalue weighted by Crippen LogP contribution is 2.31. The van der Waals surface area contributed by atoms with Crippen molar-refractivity contribution in [3.8, 4) is 11.3 Å². The van der Waals surface area contributed by atoms with Crippen molar-refractivity contribution >= 4 is 28.6 Å². The van der Waals surface area contributed by atoms with Crippen LogP contribution in [0.5, 0.6) is 0 Å². The Bertz CT molecular complexity index is 1480. The van der Waals surface area contributed by atoms with E-state index in [4.69, 9.17) is 16.6 Å². The Labute approximate surface area is 201 Å². The van der Waals surface area contributed by atoms with Crippen LogP contribution >= 0.6 is 11.6 Å². The van der Waals surface area contributed by atoms with Gasteiger partial charge in [-0.25, -0.2) is 19.3 Å². The molecule has 10 heteroatoms. The molecule has 1 saturated heterocycles. The van der Waals surface area contributed by atoms with E-state index in [-0.39, 0.29) is 38.9 Å². The van der Waals surface area contributed by atoms with Crippen LogP contribution in [0.1, 0.15) is 36.1 Å². The van der Waals surface area contributed by atoms with Crippen LogP contribution in [-0.4, -0.2) is 42.4 Å². The molecule has 0 spiro atoms. The Kier molecular flexibility index (Phi) is 5.59. The van der Waals surface area contributed by atoms with Crippen LogP contribution in [0.25, 0.3) is 22.3 Å². The molecule has 1 aromatic carbocycles. The summed E-state index contributed by atoms with van der Waals surface area (Å²) in [5, 5.41) is 4.94. The monoisotopic (exact) mass is 481 g/mol. The van der Waals surface area contributed by atoms with E-state index in [0.29, 0.717) is 18.3 Å². The van der Waals surface area contributed by atoms with Gasteiger partial charge < -0.3 is 4.90 Å². The lowest BCUT2D eigenvalue weighted by Gasteiger charge is -2.33. The third kappa shape index (κ3) is 3.83. The average molecular weight is 482 g/mol. The van der Waals surface area contributed by atoms with Crippen molar-refractivity contribution in [2.75, 3.05) is 18.0 Å². The molecule has 34 heavy (non-hydrogen) atoms. The standard InChI is InChI=1S/C24H25ClFN7O/c1-13-10-14(2)33(30-13)17-6-5-9-32(12-17)24-28-20(18-8-7-16(25)11-19(18)26)21-22(29-24)23(34)31(4)15(3)27-21/h7-8,10-11,17H,5-6,9,12H2,1-4H3. The molecule has 1 aliphatic rings. The summed E-state index contributed by atoms with van der Waals surface area (Å²) < 4.78 is 18.5. The summed E-state index contributed by atoms with van der Waals surface area (Å²) in [6.07, 6.45) is 1.90. The summed E-state index contributed by atoms with van der Waals surface area (Å²) in [4.78, 5) is 29.1. The van der Waals surface area contributed by atoms with Crippen molar-refractivity contribution < 1.29 is 4.39 Å². The first-order valence-corrected chi connectivity index (χ1v) is 11.6. The van der Waals surface area contributed by atoms with Crippen LogP contribution in [0, 0.1) is 26.6 Å². The van der Waals surface area contributed by atoms with Gasteiger partial charge in [0.1, 0.15) is 22.9 Å². The Morgan fingerprint density at radius 1 is 1.09 bits per heavy atom. The smallest absolute Gasteiger partial charge is 0.279 e. The van der Waals surface area contributed by atoms with Crippen LogP contribution in [0.4, 0.5) is 10.3 Å².